The molecule has 1 aromatic heterocycles. The molecule has 0 bridgehead atoms. The molecule has 1 saturated heterocycles. The maximum absolute atomic E-state index is 12.2. The van der Waals surface area contributed by atoms with Gasteiger partial charge in [0.25, 0.3) is 0 Å². The van der Waals surface area contributed by atoms with Crippen LogP contribution in [0, 0.1) is 5.92 Å². The number of hydrogen-bond acceptors (Lipinski definition) is 4. The molecule has 1 aromatic carbocycles. The van der Waals surface area contributed by atoms with Crippen LogP contribution in [0.5, 0.6) is 0 Å². The Balaban J connectivity index is 1.58. The third-order valence-electron chi connectivity index (χ3n) is 3.69. The molecule has 7 heteroatoms. The van der Waals surface area contributed by atoms with E-state index in [4.69, 9.17) is 11.6 Å². The summed E-state index contributed by atoms with van der Waals surface area (Å²) >= 11 is 7.44. The van der Waals surface area contributed by atoms with Crippen molar-refractivity contribution in [1.82, 2.24) is 10.3 Å². The van der Waals surface area contributed by atoms with E-state index in [1.807, 2.05) is 24.3 Å². The highest BCUT2D eigenvalue weighted by molar-refractivity contribution is 7.15. The van der Waals surface area contributed by atoms with Crippen molar-refractivity contribution in [2.24, 2.45) is 5.92 Å². The topological polar surface area (TPSA) is 71.1 Å². The summed E-state index contributed by atoms with van der Waals surface area (Å²) in [6.07, 6.45) is 3.48. The van der Waals surface area contributed by atoms with Crippen LogP contribution in [0.15, 0.2) is 30.5 Å². The van der Waals surface area contributed by atoms with Gasteiger partial charge in [0, 0.05) is 35.5 Å². The summed E-state index contributed by atoms with van der Waals surface area (Å²) in [7, 11) is 0. The molecule has 2 amide bonds. The number of halogens is 1. The van der Waals surface area contributed by atoms with Gasteiger partial charge < -0.3 is 10.6 Å². The molecule has 5 nitrogen and oxygen atoms in total. The standard InChI is InChI=1S/C16H16ClN3O2S/c17-12-3-1-2-10(6-12)7-13-9-19-16(23-13)20-15(22)11-4-5-14(21)18-8-11/h1-3,6,9,11H,4-5,7-8H2,(H,18,21)(H,19,20,22)/t11-/m1/s1. The van der Waals surface area contributed by atoms with Gasteiger partial charge in [0.15, 0.2) is 5.13 Å². The number of benzene rings is 1. The monoisotopic (exact) mass is 349 g/mol. The molecular weight excluding hydrogens is 334 g/mol. The van der Waals surface area contributed by atoms with Crippen molar-refractivity contribution in [2.75, 3.05) is 11.9 Å². The number of hydrogen-bond donors (Lipinski definition) is 2. The number of amides is 2. The van der Waals surface area contributed by atoms with E-state index in [0.717, 1.165) is 16.9 Å². The van der Waals surface area contributed by atoms with Crippen molar-refractivity contribution in [2.45, 2.75) is 19.3 Å². The second kappa shape index (κ2) is 7.10. The molecule has 2 aromatic rings. The van der Waals surface area contributed by atoms with Gasteiger partial charge in [-0.05, 0) is 24.1 Å². The van der Waals surface area contributed by atoms with Gasteiger partial charge in [-0.2, -0.15) is 0 Å². The van der Waals surface area contributed by atoms with Crippen molar-refractivity contribution >= 4 is 39.9 Å². The Morgan fingerprint density at radius 2 is 2.35 bits per heavy atom. The van der Waals surface area contributed by atoms with E-state index < -0.39 is 0 Å². The second-order valence-electron chi connectivity index (χ2n) is 5.47. The number of nitrogens with zero attached hydrogens (tertiary/aromatic N) is 1. The molecule has 0 unspecified atom stereocenters. The lowest BCUT2D eigenvalue weighted by atomic mass is 9.98. The summed E-state index contributed by atoms with van der Waals surface area (Å²) in [4.78, 5) is 28.6. The molecule has 1 aliphatic heterocycles. The van der Waals surface area contributed by atoms with E-state index in [-0.39, 0.29) is 17.7 Å². The molecule has 1 fully saturated rings. The van der Waals surface area contributed by atoms with Crippen LogP contribution in [-0.2, 0) is 16.0 Å². The summed E-state index contributed by atoms with van der Waals surface area (Å²) in [6.45, 7) is 0.394. The molecule has 3 rings (SSSR count). The van der Waals surface area contributed by atoms with Crippen molar-refractivity contribution < 1.29 is 9.59 Å². The third-order valence-corrected chi connectivity index (χ3v) is 4.84. The average Bonchev–Trinajstić information content (AvgIpc) is 2.95. The lowest BCUT2D eigenvalue weighted by molar-refractivity contribution is -0.126. The Labute approximate surface area is 143 Å². The van der Waals surface area contributed by atoms with Crippen LogP contribution < -0.4 is 10.6 Å². The molecular formula is C16H16ClN3O2S. The van der Waals surface area contributed by atoms with Crippen LogP contribution in [0.25, 0.3) is 0 Å². The highest BCUT2D eigenvalue weighted by atomic mass is 35.5. The highest BCUT2D eigenvalue weighted by Gasteiger charge is 2.25. The number of carbonyl (C=O) groups excluding carboxylic acids is 2. The molecule has 0 radical (unpaired) electrons. The van der Waals surface area contributed by atoms with E-state index in [1.54, 1.807) is 6.20 Å². The van der Waals surface area contributed by atoms with Crippen LogP contribution in [0.4, 0.5) is 5.13 Å². The van der Waals surface area contributed by atoms with Gasteiger partial charge in [-0.3, -0.25) is 9.59 Å². The summed E-state index contributed by atoms with van der Waals surface area (Å²) in [5.74, 6) is -0.270. The lowest BCUT2D eigenvalue weighted by Crippen LogP contribution is -2.40. The van der Waals surface area contributed by atoms with E-state index in [9.17, 15) is 9.59 Å². The second-order valence-corrected chi connectivity index (χ2v) is 7.02. The third kappa shape index (κ3) is 4.30. The highest BCUT2D eigenvalue weighted by Crippen LogP contribution is 2.23. The first-order valence-electron chi connectivity index (χ1n) is 7.37. The fourth-order valence-electron chi connectivity index (χ4n) is 2.46. The van der Waals surface area contributed by atoms with Gasteiger partial charge in [-0.25, -0.2) is 4.98 Å². The molecule has 120 valence electrons. The van der Waals surface area contributed by atoms with E-state index in [0.29, 0.717) is 29.5 Å². The van der Waals surface area contributed by atoms with Gasteiger partial charge in [0.1, 0.15) is 0 Å². The molecule has 23 heavy (non-hydrogen) atoms. The molecule has 0 aliphatic carbocycles. The molecule has 2 heterocycles. The fraction of sp³-hybridized carbons (Fsp3) is 0.312. The van der Waals surface area contributed by atoms with Gasteiger partial charge in [0.05, 0.1) is 5.92 Å². The molecule has 1 aliphatic rings. The van der Waals surface area contributed by atoms with Crippen LogP contribution in [0.3, 0.4) is 0 Å². The zero-order valence-electron chi connectivity index (χ0n) is 12.3. The predicted octanol–water partition coefficient (Wildman–Crippen LogP) is 2.85. The first kappa shape index (κ1) is 16.0. The molecule has 0 spiro atoms. The number of anilines is 1. The predicted molar refractivity (Wildman–Crippen MR) is 90.7 cm³/mol. The van der Waals surface area contributed by atoms with Crippen molar-refractivity contribution in [3.8, 4) is 0 Å². The molecule has 1 atom stereocenters. The van der Waals surface area contributed by atoms with Crippen molar-refractivity contribution in [3.05, 3.63) is 45.9 Å². The zero-order valence-corrected chi connectivity index (χ0v) is 13.9. The summed E-state index contributed by atoms with van der Waals surface area (Å²) in [5.41, 5.74) is 1.11. The Hall–Kier alpha value is -1.92. The van der Waals surface area contributed by atoms with Crippen LogP contribution >= 0.6 is 22.9 Å². The molecule has 2 N–H and O–H groups in total. The van der Waals surface area contributed by atoms with Crippen molar-refractivity contribution in [1.29, 1.82) is 0 Å². The van der Waals surface area contributed by atoms with Gasteiger partial charge in [0.2, 0.25) is 11.8 Å². The van der Waals surface area contributed by atoms with Crippen LogP contribution in [0.1, 0.15) is 23.3 Å². The number of piperidine rings is 1. The number of nitrogens with one attached hydrogen (secondary N) is 2. The minimum Gasteiger partial charge on any atom is -0.355 e. The maximum Gasteiger partial charge on any atom is 0.231 e. The lowest BCUT2D eigenvalue weighted by Gasteiger charge is -2.20. The smallest absolute Gasteiger partial charge is 0.231 e. The SMILES string of the molecule is O=C1CC[C@@H](C(=O)Nc2ncc(Cc3cccc(Cl)c3)s2)CN1. The fourth-order valence-corrected chi connectivity index (χ4v) is 3.52. The van der Waals surface area contributed by atoms with Gasteiger partial charge >= 0.3 is 0 Å². The van der Waals surface area contributed by atoms with Gasteiger partial charge in [-0.1, -0.05) is 23.7 Å². The minimum absolute atomic E-state index is 0.00658. The van der Waals surface area contributed by atoms with Gasteiger partial charge in [-0.15, -0.1) is 11.3 Å². The Morgan fingerprint density at radius 3 is 3.09 bits per heavy atom. The van der Waals surface area contributed by atoms with Crippen LogP contribution in [-0.4, -0.2) is 23.3 Å². The first-order chi connectivity index (χ1) is 11.1. The number of aromatic nitrogens is 1. The summed E-state index contributed by atoms with van der Waals surface area (Å²) in [6, 6.07) is 7.68. The Morgan fingerprint density at radius 1 is 1.48 bits per heavy atom. The largest absolute Gasteiger partial charge is 0.355 e. The average molecular weight is 350 g/mol. The number of thiazole rings is 1. The normalized spacial score (nSPS) is 17.6. The minimum atomic E-state index is -0.187. The Kier molecular flexibility index (Phi) is 4.93. The quantitative estimate of drug-likeness (QED) is 0.891. The van der Waals surface area contributed by atoms with Crippen LogP contribution in [0.2, 0.25) is 5.02 Å². The van der Waals surface area contributed by atoms with E-state index >= 15 is 0 Å². The Bertz CT molecular complexity index is 722. The summed E-state index contributed by atoms with van der Waals surface area (Å²) in [5, 5.41) is 6.84. The van der Waals surface area contributed by atoms with E-state index in [1.165, 1.54) is 11.3 Å². The first-order valence-corrected chi connectivity index (χ1v) is 8.56. The number of rotatable bonds is 4. The molecule has 0 saturated carbocycles. The van der Waals surface area contributed by atoms with Crippen molar-refractivity contribution in [3.63, 3.8) is 0 Å². The zero-order chi connectivity index (χ0) is 16.2. The maximum atomic E-state index is 12.2. The summed E-state index contributed by atoms with van der Waals surface area (Å²) < 4.78 is 0. The number of carbonyl (C=O) groups is 2. The van der Waals surface area contributed by atoms with E-state index in [2.05, 4.69) is 15.6 Å².